The van der Waals surface area contributed by atoms with Crippen LogP contribution in [-0.4, -0.2) is 5.54 Å². The van der Waals surface area contributed by atoms with Gasteiger partial charge < -0.3 is 5.73 Å². The van der Waals surface area contributed by atoms with E-state index in [4.69, 9.17) is 5.73 Å². The molecule has 0 fully saturated rings. The van der Waals surface area contributed by atoms with Gasteiger partial charge in [-0.2, -0.15) is 0 Å². The van der Waals surface area contributed by atoms with Crippen LogP contribution >= 0.6 is 0 Å². The minimum absolute atomic E-state index is 0.0974. The van der Waals surface area contributed by atoms with Crippen molar-refractivity contribution in [1.29, 1.82) is 0 Å². The molecule has 1 nitrogen and oxygen atoms in total. The Morgan fingerprint density at radius 1 is 1.12 bits per heavy atom. The predicted octanol–water partition coefficient (Wildman–Crippen LogP) is 3.86. The van der Waals surface area contributed by atoms with Crippen molar-refractivity contribution in [3.8, 4) is 0 Å². The summed E-state index contributed by atoms with van der Waals surface area (Å²) in [4.78, 5) is 0. The van der Waals surface area contributed by atoms with Crippen molar-refractivity contribution in [3.05, 3.63) is 35.4 Å². The molecule has 0 saturated carbocycles. The highest BCUT2D eigenvalue weighted by Crippen LogP contribution is 2.31. The van der Waals surface area contributed by atoms with Gasteiger partial charge in [-0.25, -0.2) is 0 Å². The Balaban J connectivity index is 2.90. The number of nitrogens with two attached hydrogens (primary N) is 1. The van der Waals surface area contributed by atoms with Gasteiger partial charge in [0.25, 0.3) is 0 Å². The molecule has 0 spiro atoms. The standard InChI is InChI=1S/C15H25N/c1-11(2)14(10-15(4,5)16)13-8-6-12(3)7-9-13/h6-9,11,14H,10,16H2,1-5H3. The quantitative estimate of drug-likeness (QED) is 0.817. The molecule has 0 aromatic heterocycles. The molecule has 16 heavy (non-hydrogen) atoms. The third-order valence-electron chi connectivity index (χ3n) is 3.06. The number of benzene rings is 1. The first kappa shape index (κ1) is 13.2. The first-order chi connectivity index (χ1) is 7.29. The van der Waals surface area contributed by atoms with Crippen LogP contribution in [0.4, 0.5) is 0 Å². The topological polar surface area (TPSA) is 26.0 Å². The molecule has 1 aromatic carbocycles. The van der Waals surface area contributed by atoms with Crippen LogP contribution in [0.15, 0.2) is 24.3 Å². The highest BCUT2D eigenvalue weighted by atomic mass is 14.7. The molecule has 0 aliphatic carbocycles. The SMILES string of the molecule is Cc1ccc(C(CC(C)(C)N)C(C)C)cc1. The fourth-order valence-electron chi connectivity index (χ4n) is 2.12. The van der Waals surface area contributed by atoms with E-state index in [1.165, 1.54) is 11.1 Å². The third kappa shape index (κ3) is 3.97. The molecule has 2 N–H and O–H groups in total. The van der Waals surface area contributed by atoms with Crippen LogP contribution in [0.2, 0.25) is 0 Å². The van der Waals surface area contributed by atoms with Crippen LogP contribution in [0, 0.1) is 12.8 Å². The normalized spacial score (nSPS) is 14.2. The predicted molar refractivity (Wildman–Crippen MR) is 71.6 cm³/mol. The van der Waals surface area contributed by atoms with Gasteiger partial charge in [0.05, 0.1) is 0 Å². The van der Waals surface area contributed by atoms with Gasteiger partial charge in [-0.1, -0.05) is 43.7 Å². The van der Waals surface area contributed by atoms with E-state index < -0.39 is 0 Å². The Morgan fingerprint density at radius 2 is 1.62 bits per heavy atom. The van der Waals surface area contributed by atoms with Crippen molar-refractivity contribution in [2.24, 2.45) is 11.7 Å². The van der Waals surface area contributed by atoms with Gasteiger partial charge >= 0.3 is 0 Å². The van der Waals surface area contributed by atoms with Crippen LogP contribution in [-0.2, 0) is 0 Å². The van der Waals surface area contributed by atoms with Crippen LogP contribution in [0.3, 0.4) is 0 Å². The lowest BCUT2D eigenvalue weighted by molar-refractivity contribution is 0.364. The molecule has 90 valence electrons. The summed E-state index contributed by atoms with van der Waals surface area (Å²) in [5.41, 5.74) is 8.78. The molecule has 1 aromatic rings. The zero-order valence-electron chi connectivity index (χ0n) is 11.2. The van der Waals surface area contributed by atoms with Crippen LogP contribution < -0.4 is 5.73 Å². The summed E-state index contributed by atoms with van der Waals surface area (Å²) in [5.74, 6) is 1.19. The smallest absolute Gasteiger partial charge is 0.0103 e. The van der Waals surface area contributed by atoms with Gasteiger partial charge in [0.2, 0.25) is 0 Å². The van der Waals surface area contributed by atoms with Crippen LogP contribution in [0.25, 0.3) is 0 Å². The number of hydrogen-bond donors (Lipinski definition) is 1. The van der Waals surface area contributed by atoms with Gasteiger partial charge in [-0.3, -0.25) is 0 Å². The lowest BCUT2D eigenvalue weighted by Crippen LogP contribution is -2.35. The van der Waals surface area contributed by atoms with E-state index in [9.17, 15) is 0 Å². The second-order valence-corrected chi connectivity index (χ2v) is 5.95. The summed E-state index contributed by atoms with van der Waals surface area (Å²) < 4.78 is 0. The van der Waals surface area contributed by atoms with E-state index in [0.29, 0.717) is 11.8 Å². The molecule has 0 aliphatic heterocycles. The molecule has 1 heteroatoms. The van der Waals surface area contributed by atoms with Gasteiger partial charge in [-0.15, -0.1) is 0 Å². The highest BCUT2D eigenvalue weighted by molar-refractivity contribution is 5.25. The number of hydrogen-bond acceptors (Lipinski definition) is 1. The van der Waals surface area contributed by atoms with Crippen molar-refractivity contribution in [1.82, 2.24) is 0 Å². The summed E-state index contributed by atoms with van der Waals surface area (Å²) in [5, 5.41) is 0. The largest absolute Gasteiger partial charge is 0.326 e. The van der Waals surface area contributed by atoms with Crippen molar-refractivity contribution in [2.45, 2.75) is 52.5 Å². The Bertz CT molecular complexity index is 316. The molecule has 1 unspecified atom stereocenters. The van der Waals surface area contributed by atoms with Crippen LogP contribution in [0.5, 0.6) is 0 Å². The lowest BCUT2D eigenvalue weighted by Gasteiger charge is -2.29. The average Bonchev–Trinajstić information content (AvgIpc) is 2.14. The zero-order valence-corrected chi connectivity index (χ0v) is 11.2. The molecule has 0 heterocycles. The van der Waals surface area contributed by atoms with E-state index >= 15 is 0 Å². The van der Waals surface area contributed by atoms with Gasteiger partial charge in [0, 0.05) is 5.54 Å². The van der Waals surface area contributed by atoms with Gasteiger partial charge in [0.15, 0.2) is 0 Å². The lowest BCUT2D eigenvalue weighted by atomic mass is 9.79. The molecule has 0 saturated heterocycles. The third-order valence-corrected chi connectivity index (χ3v) is 3.06. The van der Waals surface area contributed by atoms with E-state index in [1.807, 2.05) is 0 Å². The molecule has 0 aliphatic rings. The number of aryl methyl sites for hydroxylation is 1. The Labute approximate surface area is 100 Å². The fourth-order valence-corrected chi connectivity index (χ4v) is 2.12. The summed E-state index contributed by atoms with van der Waals surface area (Å²) in [6.07, 6.45) is 1.04. The average molecular weight is 219 g/mol. The molecule has 1 rings (SSSR count). The van der Waals surface area contributed by atoms with E-state index in [0.717, 1.165) is 6.42 Å². The van der Waals surface area contributed by atoms with Crippen molar-refractivity contribution in [3.63, 3.8) is 0 Å². The summed E-state index contributed by atoms with van der Waals surface area (Å²) in [6, 6.07) is 8.86. The summed E-state index contributed by atoms with van der Waals surface area (Å²) in [7, 11) is 0. The Hall–Kier alpha value is -0.820. The first-order valence-electron chi connectivity index (χ1n) is 6.15. The van der Waals surface area contributed by atoms with E-state index in [2.05, 4.69) is 58.9 Å². The van der Waals surface area contributed by atoms with Crippen LogP contribution in [0.1, 0.15) is 51.2 Å². The molecule has 1 atom stereocenters. The second-order valence-electron chi connectivity index (χ2n) is 5.95. The molecular formula is C15H25N. The van der Waals surface area contributed by atoms with Gasteiger partial charge in [0.1, 0.15) is 0 Å². The molecule has 0 bridgehead atoms. The van der Waals surface area contributed by atoms with Crippen molar-refractivity contribution < 1.29 is 0 Å². The Kier molecular flexibility index (Phi) is 4.15. The monoisotopic (exact) mass is 219 g/mol. The summed E-state index contributed by atoms with van der Waals surface area (Å²) >= 11 is 0. The molecule has 0 amide bonds. The maximum atomic E-state index is 6.14. The minimum atomic E-state index is -0.0974. The Morgan fingerprint density at radius 3 is 2.00 bits per heavy atom. The first-order valence-corrected chi connectivity index (χ1v) is 6.15. The fraction of sp³-hybridized carbons (Fsp3) is 0.600. The summed E-state index contributed by atoms with van der Waals surface area (Å²) in [6.45, 7) is 10.9. The maximum absolute atomic E-state index is 6.14. The zero-order chi connectivity index (χ0) is 12.3. The number of rotatable bonds is 4. The minimum Gasteiger partial charge on any atom is -0.326 e. The van der Waals surface area contributed by atoms with Crippen molar-refractivity contribution in [2.75, 3.05) is 0 Å². The molecular weight excluding hydrogens is 194 g/mol. The van der Waals surface area contributed by atoms with Crippen molar-refractivity contribution >= 4 is 0 Å². The van der Waals surface area contributed by atoms with Gasteiger partial charge in [-0.05, 0) is 44.6 Å². The van der Waals surface area contributed by atoms with E-state index in [-0.39, 0.29) is 5.54 Å². The highest BCUT2D eigenvalue weighted by Gasteiger charge is 2.22. The molecule has 0 radical (unpaired) electrons. The van der Waals surface area contributed by atoms with E-state index in [1.54, 1.807) is 0 Å². The second kappa shape index (κ2) is 5.01. The maximum Gasteiger partial charge on any atom is 0.0103 e.